The molecule has 6 atom stereocenters. The Morgan fingerprint density at radius 1 is 1.10 bits per heavy atom. The molecule has 4 aliphatic rings. The summed E-state index contributed by atoms with van der Waals surface area (Å²) in [4.78, 5) is 60.5. The van der Waals surface area contributed by atoms with Gasteiger partial charge >= 0.3 is 0 Å². The van der Waals surface area contributed by atoms with Crippen molar-refractivity contribution in [1.82, 2.24) is 14.7 Å². The highest BCUT2D eigenvalue weighted by Crippen LogP contribution is 2.64. The molecule has 50 heavy (non-hydrogen) atoms. The van der Waals surface area contributed by atoms with Gasteiger partial charge in [-0.2, -0.15) is 5.10 Å². The van der Waals surface area contributed by atoms with Crippen LogP contribution in [0.15, 0.2) is 66.8 Å². The average molecular weight is 709 g/mol. The predicted molar refractivity (Wildman–Crippen MR) is 193 cm³/mol. The second-order valence-corrected chi connectivity index (χ2v) is 15.6. The topological polar surface area (TPSA) is 113 Å². The van der Waals surface area contributed by atoms with Crippen LogP contribution in [-0.4, -0.2) is 50.0 Å². The maximum Gasteiger partial charge on any atom is 0.242 e. The highest BCUT2D eigenvalue weighted by atomic mass is 35.5. The standard InChI is InChI=1S/C39H37ClN4O5S/c1-6-9-20-10-8-11-24(33(20)45)32-22-13-14-23-31(37(48)43(7-2)35(23)46)26(22)17-27-36(47)44(38(49)39(27,32)4)30-18-28(41-42(30)5)34-19(3)25-16-21(40)12-15-29(25)50-34/h6,8,10-13,15-16,18,23,26-27,31-32,45H,1,7,9,14,17H2,2-5H3/t23-,26+,27-,31-,32+,39+/m0/s1. The summed E-state index contributed by atoms with van der Waals surface area (Å²) in [6, 6.07) is 13.0. The van der Waals surface area contributed by atoms with Gasteiger partial charge in [0.1, 0.15) is 17.3 Å². The maximum absolute atomic E-state index is 15.0. The average Bonchev–Trinajstić information content (AvgIpc) is 3.76. The van der Waals surface area contributed by atoms with E-state index in [0.29, 0.717) is 40.5 Å². The van der Waals surface area contributed by atoms with Gasteiger partial charge in [0, 0.05) is 40.9 Å². The van der Waals surface area contributed by atoms with Gasteiger partial charge in [-0.1, -0.05) is 47.5 Å². The van der Waals surface area contributed by atoms with Crippen LogP contribution in [0.25, 0.3) is 20.7 Å². The third kappa shape index (κ3) is 4.33. The smallest absolute Gasteiger partial charge is 0.242 e. The molecule has 2 aliphatic heterocycles. The number of benzene rings is 2. The number of phenolic OH excluding ortho intramolecular Hbond substituents is 1. The number of rotatable bonds is 6. The van der Waals surface area contributed by atoms with Crippen LogP contribution in [0.4, 0.5) is 5.82 Å². The third-order valence-electron chi connectivity index (χ3n) is 11.7. The molecule has 4 aromatic rings. The summed E-state index contributed by atoms with van der Waals surface area (Å²) in [5.41, 5.74) is 2.38. The zero-order valence-electron chi connectivity index (χ0n) is 28.3. The maximum atomic E-state index is 15.0. The Morgan fingerprint density at radius 2 is 1.88 bits per heavy atom. The molecule has 8 rings (SSSR count). The molecule has 1 saturated carbocycles. The first-order valence-corrected chi connectivity index (χ1v) is 18.2. The second-order valence-electron chi connectivity index (χ2n) is 14.1. The van der Waals surface area contributed by atoms with Gasteiger partial charge in [0.2, 0.25) is 23.6 Å². The highest BCUT2D eigenvalue weighted by molar-refractivity contribution is 7.22. The van der Waals surface area contributed by atoms with Crippen molar-refractivity contribution in [3.63, 3.8) is 0 Å². The first kappa shape index (κ1) is 32.7. The minimum atomic E-state index is -1.29. The fraction of sp³-hybridized carbons (Fsp3) is 0.359. The molecule has 0 unspecified atom stereocenters. The number of aryl methyl sites for hydroxylation is 2. The van der Waals surface area contributed by atoms with Gasteiger partial charge in [0.25, 0.3) is 0 Å². The zero-order chi connectivity index (χ0) is 35.4. The molecule has 4 heterocycles. The molecule has 2 aliphatic carbocycles. The quantitative estimate of drug-likeness (QED) is 0.171. The number of carbonyl (C=O) groups excluding carboxylic acids is 4. The highest BCUT2D eigenvalue weighted by Gasteiger charge is 2.68. The van der Waals surface area contributed by atoms with E-state index in [2.05, 4.69) is 6.58 Å². The number of phenols is 1. The number of likely N-dealkylation sites (tertiary alicyclic amines) is 1. The Morgan fingerprint density at radius 3 is 2.62 bits per heavy atom. The predicted octanol–water partition coefficient (Wildman–Crippen LogP) is 6.95. The van der Waals surface area contributed by atoms with E-state index in [4.69, 9.17) is 16.7 Å². The van der Waals surface area contributed by atoms with Crippen LogP contribution in [0.2, 0.25) is 5.02 Å². The Labute approximate surface area is 298 Å². The van der Waals surface area contributed by atoms with E-state index in [1.807, 2.05) is 56.3 Å². The van der Waals surface area contributed by atoms with Gasteiger partial charge in [-0.25, -0.2) is 4.90 Å². The fourth-order valence-electron chi connectivity index (χ4n) is 9.33. The van der Waals surface area contributed by atoms with Gasteiger partial charge < -0.3 is 5.11 Å². The minimum absolute atomic E-state index is 0.0481. The number of aromatic hydroxyl groups is 1. The molecule has 256 valence electrons. The second kappa shape index (κ2) is 11.5. The molecule has 0 spiro atoms. The summed E-state index contributed by atoms with van der Waals surface area (Å²) in [5, 5.41) is 18.2. The van der Waals surface area contributed by atoms with Crippen molar-refractivity contribution in [1.29, 1.82) is 0 Å². The first-order chi connectivity index (χ1) is 23.9. The van der Waals surface area contributed by atoms with Gasteiger partial charge in [-0.3, -0.25) is 28.8 Å². The van der Waals surface area contributed by atoms with Crippen LogP contribution in [0.1, 0.15) is 49.3 Å². The van der Waals surface area contributed by atoms with E-state index in [-0.39, 0.29) is 42.3 Å². The van der Waals surface area contributed by atoms with Crippen LogP contribution in [-0.2, 0) is 32.6 Å². The lowest BCUT2D eigenvalue weighted by Crippen LogP contribution is -2.49. The zero-order valence-corrected chi connectivity index (χ0v) is 29.8. The number of hydrogen-bond acceptors (Lipinski definition) is 7. The van der Waals surface area contributed by atoms with Gasteiger partial charge in [-0.15, -0.1) is 17.9 Å². The normalized spacial score (nSPS) is 27.5. The van der Waals surface area contributed by atoms with Crippen LogP contribution < -0.4 is 4.90 Å². The lowest BCUT2D eigenvalue weighted by atomic mass is 9.51. The van der Waals surface area contributed by atoms with Crippen molar-refractivity contribution in [2.75, 3.05) is 11.4 Å². The lowest BCUT2D eigenvalue weighted by Gasteiger charge is -2.49. The van der Waals surface area contributed by atoms with E-state index in [1.54, 1.807) is 42.1 Å². The summed E-state index contributed by atoms with van der Waals surface area (Å²) >= 11 is 7.87. The van der Waals surface area contributed by atoms with Crippen molar-refractivity contribution < 1.29 is 24.3 Å². The number of aromatic nitrogens is 2. The summed E-state index contributed by atoms with van der Waals surface area (Å²) in [6.45, 7) is 9.75. The van der Waals surface area contributed by atoms with Crippen LogP contribution >= 0.6 is 22.9 Å². The van der Waals surface area contributed by atoms with E-state index < -0.39 is 35.0 Å². The summed E-state index contributed by atoms with van der Waals surface area (Å²) in [6.07, 6.45) is 4.72. The van der Waals surface area contributed by atoms with E-state index in [1.165, 1.54) is 9.80 Å². The van der Waals surface area contributed by atoms with Crippen LogP contribution in [0, 0.1) is 36.0 Å². The van der Waals surface area contributed by atoms with Gasteiger partial charge in [0.05, 0.1) is 28.0 Å². The van der Waals surface area contributed by atoms with E-state index >= 15 is 4.79 Å². The molecule has 9 nitrogen and oxygen atoms in total. The molecule has 2 aromatic carbocycles. The first-order valence-electron chi connectivity index (χ1n) is 17.0. The number of para-hydroxylation sites is 1. The van der Waals surface area contributed by atoms with Crippen molar-refractivity contribution in [2.24, 2.45) is 36.1 Å². The van der Waals surface area contributed by atoms with Crippen molar-refractivity contribution >= 4 is 62.5 Å². The SMILES string of the molecule is C=CCc1cccc([C@H]2C3=CC[C@@H]4C(=O)N(CC)C(=O)[C@@H]4[C@@H]3C[C@H]3C(=O)N(c4cc(-c5sc6ccc(Cl)cc6c5C)nn4C)C(=O)[C@@]23C)c1O. The fourth-order valence-corrected chi connectivity index (χ4v) is 10.7. The number of fused-ring (bicyclic) bond motifs is 5. The van der Waals surface area contributed by atoms with Gasteiger partial charge in [-0.05, 0) is 80.7 Å². The van der Waals surface area contributed by atoms with Crippen LogP contribution in [0.3, 0.4) is 0 Å². The van der Waals surface area contributed by atoms with E-state index in [0.717, 1.165) is 26.1 Å². The molecule has 11 heteroatoms. The van der Waals surface area contributed by atoms with E-state index in [9.17, 15) is 19.5 Å². The Balaban J connectivity index is 1.27. The van der Waals surface area contributed by atoms with Gasteiger partial charge in [0.15, 0.2) is 0 Å². The number of allylic oxidation sites excluding steroid dienone is 3. The molecular formula is C39H37ClN4O5S. The van der Waals surface area contributed by atoms with Crippen molar-refractivity contribution in [2.45, 2.75) is 46.0 Å². The molecule has 2 aromatic heterocycles. The molecule has 0 bridgehead atoms. The summed E-state index contributed by atoms with van der Waals surface area (Å²) in [7, 11) is 1.72. The number of anilines is 1. The molecule has 4 amide bonds. The van der Waals surface area contributed by atoms with Crippen molar-refractivity contribution in [3.05, 3.63) is 88.5 Å². The van der Waals surface area contributed by atoms with Crippen LogP contribution in [0.5, 0.6) is 5.75 Å². The molecule has 1 N–H and O–H groups in total. The monoisotopic (exact) mass is 708 g/mol. The minimum Gasteiger partial charge on any atom is -0.507 e. The molecule has 3 fully saturated rings. The number of nitrogens with zero attached hydrogens (tertiary/aromatic N) is 4. The third-order valence-corrected chi connectivity index (χ3v) is 13.3. The summed E-state index contributed by atoms with van der Waals surface area (Å²) < 4.78 is 2.62. The largest absolute Gasteiger partial charge is 0.507 e. The Bertz CT molecular complexity index is 2220. The Hall–Kier alpha value is -4.54. The lowest BCUT2D eigenvalue weighted by molar-refractivity contribution is -0.140. The molecular weight excluding hydrogens is 672 g/mol. The number of carbonyl (C=O) groups is 4. The number of amides is 4. The molecule has 2 saturated heterocycles. The Kier molecular flexibility index (Phi) is 7.51. The molecule has 0 radical (unpaired) electrons. The number of thiophene rings is 1. The number of hydrogen-bond donors (Lipinski definition) is 1. The summed E-state index contributed by atoms with van der Waals surface area (Å²) in [5.74, 6) is -3.87. The number of halogens is 1. The van der Waals surface area contributed by atoms with Crippen molar-refractivity contribution in [3.8, 4) is 16.3 Å². The number of imide groups is 2.